The van der Waals surface area contributed by atoms with Gasteiger partial charge in [0.15, 0.2) is 0 Å². The molecule has 0 radical (unpaired) electrons. The lowest BCUT2D eigenvalue weighted by atomic mass is 9.99. The molecular weight excluding hydrogens is 362 g/mol. The monoisotopic (exact) mass is 387 g/mol. The van der Waals surface area contributed by atoms with Gasteiger partial charge >= 0.3 is 12.1 Å². The number of carboxylic acids is 1. The van der Waals surface area contributed by atoms with Crippen molar-refractivity contribution in [2.24, 2.45) is 5.92 Å². The van der Waals surface area contributed by atoms with E-state index in [-0.39, 0.29) is 32.8 Å². The van der Waals surface area contributed by atoms with Crippen LogP contribution in [0.25, 0.3) is 0 Å². The quantitative estimate of drug-likeness (QED) is 0.547. The van der Waals surface area contributed by atoms with Gasteiger partial charge in [-0.15, -0.1) is 0 Å². The van der Waals surface area contributed by atoms with Gasteiger partial charge in [-0.2, -0.15) is 0 Å². The summed E-state index contributed by atoms with van der Waals surface area (Å²) in [5.74, 6) is -2.19. The van der Waals surface area contributed by atoms with Crippen LogP contribution in [-0.2, 0) is 27.5 Å². The zero-order valence-electron chi connectivity index (χ0n) is 15.5. The number of carboxylic acid groups (broad SMARTS) is 1. The second-order valence-corrected chi connectivity index (χ2v) is 6.29. The molecule has 0 aliphatic rings. The minimum absolute atomic E-state index is 0.0611. The van der Waals surface area contributed by atoms with Crippen molar-refractivity contribution in [3.05, 3.63) is 71.8 Å². The van der Waals surface area contributed by atoms with Crippen LogP contribution >= 0.6 is 0 Å². The number of nitrogens with one attached hydrogen (secondary N) is 1. The molecule has 7 heteroatoms. The van der Waals surface area contributed by atoms with E-state index < -0.39 is 24.1 Å². The highest BCUT2D eigenvalue weighted by molar-refractivity contribution is 5.71. The number of hydrogen-bond donors (Lipinski definition) is 3. The van der Waals surface area contributed by atoms with Gasteiger partial charge in [0.05, 0.1) is 25.2 Å². The highest BCUT2D eigenvalue weighted by Crippen LogP contribution is 2.11. The predicted octanol–water partition coefficient (Wildman–Crippen LogP) is 2.58. The Bertz CT molecular complexity index is 722. The molecule has 2 aromatic carbocycles. The Kier molecular flexibility index (Phi) is 8.97. The van der Waals surface area contributed by atoms with E-state index >= 15 is 0 Å². The Morgan fingerprint density at radius 2 is 1.50 bits per heavy atom. The van der Waals surface area contributed by atoms with Crippen molar-refractivity contribution in [2.75, 3.05) is 13.2 Å². The van der Waals surface area contributed by atoms with Crippen molar-refractivity contribution in [1.29, 1.82) is 0 Å². The first-order chi connectivity index (χ1) is 13.6. The summed E-state index contributed by atoms with van der Waals surface area (Å²) >= 11 is 0. The summed E-state index contributed by atoms with van der Waals surface area (Å²) in [6.45, 7) is 0.379. The lowest BCUT2D eigenvalue weighted by Gasteiger charge is -2.19. The standard InChI is InChI=1S/C21H25NO6/c23-19(15-27-13-16-7-3-1-4-8-16)18(20(24)25)11-12-22-21(26)28-14-17-9-5-2-6-10-17/h1-10,18-19,23H,11-15H2,(H,22,26)(H,24,25). The van der Waals surface area contributed by atoms with Gasteiger partial charge in [0.25, 0.3) is 0 Å². The zero-order chi connectivity index (χ0) is 20.2. The molecule has 2 unspecified atom stereocenters. The highest BCUT2D eigenvalue weighted by atomic mass is 16.5. The van der Waals surface area contributed by atoms with Crippen LogP contribution in [0.1, 0.15) is 17.5 Å². The molecule has 0 aliphatic heterocycles. The van der Waals surface area contributed by atoms with Crippen LogP contribution in [-0.4, -0.2) is 41.5 Å². The lowest BCUT2D eigenvalue weighted by Crippen LogP contribution is -2.35. The molecule has 1 amide bonds. The van der Waals surface area contributed by atoms with Crippen LogP contribution in [0.3, 0.4) is 0 Å². The van der Waals surface area contributed by atoms with Gasteiger partial charge in [0.1, 0.15) is 6.61 Å². The predicted molar refractivity (Wildman–Crippen MR) is 102 cm³/mol. The van der Waals surface area contributed by atoms with Crippen LogP contribution in [0.15, 0.2) is 60.7 Å². The normalized spacial score (nSPS) is 12.8. The molecule has 0 aliphatic carbocycles. The van der Waals surface area contributed by atoms with Crippen molar-refractivity contribution in [2.45, 2.75) is 25.7 Å². The van der Waals surface area contributed by atoms with Crippen molar-refractivity contribution < 1.29 is 29.3 Å². The van der Waals surface area contributed by atoms with Gasteiger partial charge in [0, 0.05) is 6.54 Å². The van der Waals surface area contributed by atoms with Crippen molar-refractivity contribution in [3.63, 3.8) is 0 Å². The van der Waals surface area contributed by atoms with Gasteiger partial charge in [-0.25, -0.2) is 4.79 Å². The Morgan fingerprint density at radius 3 is 2.07 bits per heavy atom. The van der Waals surface area contributed by atoms with Gasteiger partial charge in [-0.3, -0.25) is 4.79 Å². The summed E-state index contributed by atoms with van der Waals surface area (Å²) in [5.41, 5.74) is 1.79. The summed E-state index contributed by atoms with van der Waals surface area (Å²) in [7, 11) is 0. The molecule has 2 rings (SSSR count). The molecule has 3 N–H and O–H groups in total. The van der Waals surface area contributed by atoms with Gasteiger partial charge in [-0.05, 0) is 17.5 Å². The maximum atomic E-state index is 11.7. The molecule has 7 nitrogen and oxygen atoms in total. The first-order valence-electron chi connectivity index (χ1n) is 9.03. The molecule has 0 saturated heterocycles. The molecule has 0 heterocycles. The summed E-state index contributed by atoms with van der Waals surface area (Å²) in [6.07, 6.45) is -1.75. The summed E-state index contributed by atoms with van der Waals surface area (Å²) in [6, 6.07) is 18.6. The van der Waals surface area contributed by atoms with Crippen LogP contribution in [0.4, 0.5) is 4.79 Å². The summed E-state index contributed by atoms with van der Waals surface area (Å²) < 4.78 is 10.5. The number of aliphatic hydroxyl groups is 1. The van der Waals surface area contributed by atoms with E-state index in [1.54, 1.807) is 0 Å². The largest absolute Gasteiger partial charge is 0.481 e. The van der Waals surface area contributed by atoms with E-state index in [0.717, 1.165) is 11.1 Å². The molecule has 0 spiro atoms. The van der Waals surface area contributed by atoms with E-state index in [9.17, 15) is 19.8 Å². The highest BCUT2D eigenvalue weighted by Gasteiger charge is 2.26. The molecule has 0 bridgehead atoms. The number of hydrogen-bond acceptors (Lipinski definition) is 5. The molecule has 0 saturated carbocycles. The van der Waals surface area contributed by atoms with Crippen LogP contribution < -0.4 is 5.32 Å². The Morgan fingerprint density at radius 1 is 0.929 bits per heavy atom. The van der Waals surface area contributed by atoms with Crippen LogP contribution in [0.2, 0.25) is 0 Å². The van der Waals surface area contributed by atoms with Crippen molar-refractivity contribution in [3.8, 4) is 0 Å². The molecule has 0 fully saturated rings. The average Bonchev–Trinajstić information content (AvgIpc) is 2.71. The summed E-state index contributed by atoms with van der Waals surface area (Å²) in [4.78, 5) is 23.1. The number of benzene rings is 2. The maximum Gasteiger partial charge on any atom is 0.407 e. The van der Waals surface area contributed by atoms with E-state index in [4.69, 9.17) is 9.47 Å². The second-order valence-electron chi connectivity index (χ2n) is 6.29. The average molecular weight is 387 g/mol. The molecular formula is C21H25NO6. The lowest BCUT2D eigenvalue weighted by molar-refractivity contribution is -0.147. The van der Waals surface area contributed by atoms with Gasteiger partial charge in [0.2, 0.25) is 0 Å². The fraction of sp³-hybridized carbons (Fsp3) is 0.333. The number of carbonyl (C=O) groups excluding carboxylic acids is 1. The topological polar surface area (TPSA) is 105 Å². The van der Waals surface area contributed by atoms with Crippen molar-refractivity contribution >= 4 is 12.1 Å². The van der Waals surface area contributed by atoms with Crippen molar-refractivity contribution in [1.82, 2.24) is 5.32 Å². The van der Waals surface area contributed by atoms with Gasteiger partial charge in [-0.1, -0.05) is 60.7 Å². The maximum absolute atomic E-state index is 11.7. The van der Waals surface area contributed by atoms with Gasteiger partial charge < -0.3 is 25.0 Å². The van der Waals surface area contributed by atoms with Crippen LogP contribution in [0.5, 0.6) is 0 Å². The Balaban J connectivity index is 1.68. The smallest absolute Gasteiger partial charge is 0.407 e. The molecule has 28 heavy (non-hydrogen) atoms. The Hall–Kier alpha value is -2.90. The minimum atomic E-state index is -1.18. The molecule has 150 valence electrons. The number of alkyl carbamates (subject to hydrolysis) is 1. The van der Waals surface area contributed by atoms with Crippen LogP contribution in [0, 0.1) is 5.92 Å². The van der Waals surface area contributed by atoms with E-state index in [1.807, 2.05) is 60.7 Å². The number of rotatable bonds is 11. The number of aliphatic carboxylic acids is 1. The zero-order valence-corrected chi connectivity index (χ0v) is 15.5. The number of amides is 1. The van der Waals surface area contributed by atoms with E-state index in [0.29, 0.717) is 0 Å². The fourth-order valence-corrected chi connectivity index (χ4v) is 2.57. The first-order valence-corrected chi connectivity index (χ1v) is 9.03. The second kappa shape index (κ2) is 11.7. The fourth-order valence-electron chi connectivity index (χ4n) is 2.57. The van der Waals surface area contributed by atoms with E-state index in [1.165, 1.54) is 0 Å². The number of carbonyl (C=O) groups is 2. The number of ether oxygens (including phenoxy) is 2. The third-order valence-electron chi connectivity index (χ3n) is 4.12. The molecule has 0 aromatic heterocycles. The SMILES string of the molecule is O=C(NCCC(C(=O)O)C(O)COCc1ccccc1)OCc1ccccc1. The first kappa shape index (κ1) is 21.4. The minimum Gasteiger partial charge on any atom is -0.481 e. The summed E-state index contributed by atoms with van der Waals surface area (Å²) in [5, 5.41) is 21.9. The third kappa shape index (κ3) is 7.77. The Labute approximate surface area is 163 Å². The van der Waals surface area contributed by atoms with E-state index in [2.05, 4.69) is 5.32 Å². The molecule has 2 atom stereocenters. The third-order valence-corrected chi connectivity index (χ3v) is 4.12. The number of aliphatic hydroxyl groups excluding tert-OH is 1. The molecule has 2 aromatic rings.